The molecule has 122 valence electrons. The number of nitrogens with zero attached hydrogens (tertiary/aromatic N) is 1. The number of ether oxygens (including phenoxy) is 1. The standard InChI is InChI=1S/C17H23ClFNO2/c1-12-7-8-14(19)15(16(12)18)17(21)20-9-3-5-13(11-20)6-4-10-22-2/h7-8,13H,3-6,9-11H2,1-2H3/t13-/m0/s1. The molecule has 0 N–H and O–H groups in total. The van der Waals surface area contributed by atoms with Crippen molar-refractivity contribution < 1.29 is 13.9 Å². The number of piperidine rings is 1. The molecule has 1 atom stereocenters. The average molecular weight is 328 g/mol. The molecular weight excluding hydrogens is 305 g/mol. The minimum atomic E-state index is -0.540. The summed E-state index contributed by atoms with van der Waals surface area (Å²) in [6, 6.07) is 2.91. The van der Waals surface area contributed by atoms with Gasteiger partial charge in [-0.05, 0) is 50.2 Å². The summed E-state index contributed by atoms with van der Waals surface area (Å²) < 4.78 is 19.1. The molecule has 1 amide bonds. The quantitative estimate of drug-likeness (QED) is 0.763. The number of hydrogen-bond acceptors (Lipinski definition) is 2. The van der Waals surface area contributed by atoms with Gasteiger partial charge in [-0.25, -0.2) is 4.39 Å². The molecule has 0 unspecified atom stereocenters. The second-order valence-electron chi connectivity index (χ2n) is 5.95. The van der Waals surface area contributed by atoms with Gasteiger partial charge in [0.15, 0.2) is 0 Å². The van der Waals surface area contributed by atoms with Gasteiger partial charge in [-0.3, -0.25) is 4.79 Å². The summed E-state index contributed by atoms with van der Waals surface area (Å²) >= 11 is 6.15. The van der Waals surface area contributed by atoms with E-state index in [-0.39, 0.29) is 16.5 Å². The van der Waals surface area contributed by atoms with Gasteiger partial charge in [0.05, 0.1) is 10.6 Å². The number of amides is 1. The second kappa shape index (κ2) is 7.93. The molecule has 1 aromatic rings. The zero-order valence-electron chi connectivity index (χ0n) is 13.2. The smallest absolute Gasteiger partial charge is 0.258 e. The lowest BCUT2D eigenvalue weighted by atomic mass is 9.93. The molecule has 0 bridgehead atoms. The maximum absolute atomic E-state index is 14.0. The maximum atomic E-state index is 14.0. The average Bonchev–Trinajstić information content (AvgIpc) is 2.52. The van der Waals surface area contributed by atoms with Crippen molar-refractivity contribution in [3.8, 4) is 0 Å². The maximum Gasteiger partial charge on any atom is 0.258 e. The Balaban J connectivity index is 2.08. The van der Waals surface area contributed by atoms with E-state index in [9.17, 15) is 9.18 Å². The number of carbonyl (C=O) groups is 1. The molecule has 0 saturated carbocycles. The Morgan fingerprint density at radius 2 is 2.27 bits per heavy atom. The van der Waals surface area contributed by atoms with Gasteiger partial charge in [0.25, 0.3) is 5.91 Å². The van der Waals surface area contributed by atoms with Crippen molar-refractivity contribution in [1.29, 1.82) is 0 Å². The third-order valence-electron chi connectivity index (χ3n) is 4.27. The summed E-state index contributed by atoms with van der Waals surface area (Å²) in [4.78, 5) is 14.4. The molecule has 0 aromatic heterocycles. The van der Waals surface area contributed by atoms with Crippen molar-refractivity contribution in [1.82, 2.24) is 4.90 Å². The van der Waals surface area contributed by atoms with Crippen molar-refractivity contribution in [2.75, 3.05) is 26.8 Å². The van der Waals surface area contributed by atoms with Crippen molar-refractivity contribution in [2.45, 2.75) is 32.6 Å². The van der Waals surface area contributed by atoms with Crippen molar-refractivity contribution in [2.24, 2.45) is 5.92 Å². The monoisotopic (exact) mass is 327 g/mol. The highest BCUT2D eigenvalue weighted by molar-refractivity contribution is 6.34. The third kappa shape index (κ3) is 3.99. The fraction of sp³-hybridized carbons (Fsp3) is 0.588. The summed E-state index contributed by atoms with van der Waals surface area (Å²) in [6.07, 6.45) is 4.08. The molecule has 1 fully saturated rings. The van der Waals surface area contributed by atoms with Crippen LogP contribution in [0.4, 0.5) is 4.39 Å². The summed E-state index contributed by atoms with van der Waals surface area (Å²) in [6.45, 7) is 3.86. The first kappa shape index (κ1) is 17.2. The number of aryl methyl sites for hydroxylation is 1. The van der Waals surface area contributed by atoms with Crippen LogP contribution in [0.15, 0.2) is 12.1 Å². The molecule has 3 nitrogen and oxygen atoms in total. The van der Waals surface area contributed by atoms with Crippen molar-refractivity contribution >= 4 is 17.5 Å². The Hall–Kier alpha value is -1.13. The number of benzene rings is 1. The van der Waals surface area contributed by atoms with E-state index in [0.717, 1.165) is 37.9 Å². The lowest BCUT2D eigenvalue weighted by Gasteiger charge is -2.33. The lowest BCUT2D eigenvalue weighted by Crippen LogP contribution is -2.40. The minimum Gasteiger partial charge on any atom is -0.385 e. The van der Waals surface area contributed by atoms with E-state index < -0.39 is 5.82 Å². The van der Waals surface area contributed by atoms with Crippen LogP contribution < -0.4 is 0 Å². The van der Waals surface area contributed by atoms with Crippen molar-refractivity contribution in [3.63, 3.8) is 0 Å². The van der Waals surface area contributed by atoms with Crippen LogP contribution >= 0.6 is 11.6 Å². The molecular formula is C17H23ClFNO2. The molecule has 1 aliphatic heterocycles. The van der Waals surface area contributed by atoms with Crippen LogP contribution in [0.1, 0.15) is 41.6 Å². The van der Waals surface area contributed by atoms with Crippen LogP contribution in [-0.2, 0) is 4.74 Å². The van der Waals surface area contributed by atoms with E-state index in [1.54, 1.807) is 25.0 Å². The summed E-state index contributed by atoms with van der Waals surface area (Å²) in [5, 5.41) is 0.228. The molecule has 1 aliphatic rings. The SMILES string of the molecule is COCCC[C@@H]1CCCN(C(=O)c2c(F)ccc(C)c2Cl)C1. The number of halogens is 2. The highest BCUT2D eigenvalue weighted by atomic mass is 35.5. The fourth-order valence-electron chi connectivity index (χ4n) is 3.01. The normalized spacial score (nSPS) is 18.5. The topological polar surface area (TPSA) is 29.5 Å². The third-order valence-corrected chi connectivity index (χ3v) is 4.75. The van der Waals surface area contributed by atoms with Gasteiger partial charge >= 0.3 is 0 Å². The number of hydrogen-bond donors (Lipinski definition) is 0. The Morgan fingerprint density at radius 3 is 3.00 bits per heavy atom. The van der Waals surface area contributed by atoms with E-state index in [1.165, 1.54) is 6.07 Å². The summed E-state index contributed by atoms with van der Waals surface area (Å²) in [5.41, 5.74) is 0.735. The zero-order chi connectivity index (χ0) is 16.1. The van der Waals surface area contributed by atoms with Gasteiger partial charge < -0.3 is 9.64 Å². The minimum absolute atomic E-state index is 0.0132. The van der Waals surface area contributed by atoms with Crippen LogP contribution in [0.2, 0.25) is 5.02 Å². The van der Waals surface area contributed by atoms with Crippen LogP contribution in [0.5, 0.6) is 0 Å². The number of likely N-dealkylation sites (tertiary alicyclic amines) is 1. The van der Waals surface area contributed by atoms with E-state index in [1.807, 2.05) is 0 Å². The highest BCUT2D eigenvalue weighted by Gasteiger charge is 2.27. The molecule has 1 saturated heterocycles. The molecule has 1 aromatic carbocycles. The number of methoxy groups -OCH3 is 1. The predicted molar refractivity (Wildman–Crippen MR) is 85.9 cm³/mol. The Morgan fingerprint density at radius 1 is 1.50 bits per heavy atom. The largest absolute Gasteiger partial charge is 0.385 e. The highest BCUT2D eigenvalue weighted by Crippen LogP contribution is 2.28. The summed E-state index contributed by atoms with van der Waals surface area (Å²) in [5.74, 6) is -0.371. The van der Waals surface area contributed by atoms with E-state index >= 15 is 0 Å². The van der Waals surface area contributed by atoms with Gasteiger partial charge in [-0.1, -0.05) is 17.7 Å². The Labute approximate surface area is 136 Å². The van der Waals surface area contributed by atoms with Crippen molar-refractivity contribution in [3.05, 3.63) is 34.1 Å². The van der Waals surface area contributed by atoms with Gasteiger partial charge in [-0.2, -0.15) is 0 Å². The van der Waals surface area contributed by atoms with Gasteiger partial charge in [-0.15, -0.1) is 0 Å². The lowest BCUT2D eigenvalue weighted by molar-refractivity contribution is 0.0656. The van der Waals surface area contributed by atoms with Crippen LogP contribution in [-0.4, -0.2) is 37.6 Å². The first-order valence-electron chi connectivity index (χ1n) is 7.77. The molecule has 0 aliphatic carbocycles. The Kier molecular flexibility index (Phi) is 6.21. The van der Waals surface area contributed by atoms with Crippen LogP contribution in [0.3, 0.4) is 0 Å². The number of carbonyl (C=O) groups excluding carboxylic acids is 1. The van der Waals surface area contributed by atoms with E-state index in [0.29, 0.717) is 19.0 Å². The molecule has 2 rings (SSSR count). The Bertz CT molecular complexity index is 536. The van der Waals surface area contributed by atoms with Gasteiger partial charge in [0.2, 0.25) is 0 Å². The molecule has 5 heteroatoms. The van der Waals surface area contributed by atoms with E-state index in [4.69, 9.17) is 16.3 Å². The molecule has 0 spiro atoms. The zero-order valence-corrected chi connectivity index (χ0v) is 14.0. The molecule has 0 radical (unpaired) electrons. The van der Waals surface area contributed by atoms with Crippen LogP contribution in [0.25, 0.3) is 0 Å². The van der Waals surface area contributed by atoms with Gasteiger partial charge in [0.1, 0.15) is 5.82 Å². The van der Waals surface area contributed by atoms with Gasteiger partial charge in [0, 0.05) is 26.8 Å². The predicted octanol–water partition coefficient (Wildman–Crippen LogP) is 4.07. The summed E-state index contributed by atoms with van der Waals surface area (Å²) in [7, 11) is 1.69. The first-order valence-corrected chi connectivity index (χ1v) is 8.15. The molecule has 1 heterocycles. The van der Waals surface area contributed by atoms with Crippen LogP contribution in [0, 0.1) is 18.7 Å². The van der Waals surface area contributed by atoms with E-state index in [2.05, 4.69) is 0 Å². The first-order chi connectivity index (χ1) is 10.5. The fourth-order valence-corrected chi connectivity index (χ4v) is 3.25. The number of rotatable bonds is 5. The second-order valence-corrected chi connectivity index (χ2v) is 6.33. The molecule has 22 heavy (non-hydrogen) atoms.